The molecule has 1 fully saturated rings. The van der Waals surface area contributed by atoms with Gasteiger partial charge in [0.25, 0.3) is 0 Å². The number of carbonyl (C=O) groups is 1. The van der Waals surface area contributed by atoms with Gasteiger partial charge in [0, 0.05) is 12.5 Å². The van der Waals surface area contributed by atoms with Crippen LogP contribution in [-0.4, -0.2) is 18.0 Å². The Morgan fingerprint density at radius 3 is 2.38 bits per heavy atom. The van der Waals surface area contributed by atoms with E-state index in [1.54, 1.807) is 0 Å². The molecule has 2 nitrogen and oxygen atoms in total. The topological polar surface area (TPSA) is 37.3 Å². The maximum absolute atomic E-state index is 10.5. The molecule has 0 spiro atoms. The summed E-state index contributed by atoms with van der Waals surface area (Å²) in [6, 6.07) is 0. The van der Waals surface area contributed by atoms with E-state index in [0.717, 1.165) is 38.4 Å². The van der Waals surface area contributed by atoms with Gasteiger partial charge in [-0.15, -0.1) is 0 Å². The van der Waals surface area contributed by atoms with Crippen LogP contribution in [0.1, 0.15) is 39.0 Å². The number of aliphatic hydroxyl groups is 1. The molecule has 76 valence electrons. The van der Waals surface area contributed by atoms with Crippen molar-refractivity contribution in [3.63, 3.8) is 0 Å². The molecule has 1 atom stereocenters. The van der Waals surface area contributed by atoms with E-state index in [1.165, 1.54) is 0 Å². The summed E-state index contributed by atoms with van der Waals surface area (Å²) in [5, 5.41) is 9.13. The first-order chi connectivity index (χ1) is 6.31. The summed E-state index contributed by atoms with van der Waals surface area (Å²) >= 11 is 0. The lowest BCUT2D eigenvalue weighted by Gasteiger charge is -2.30. The van der Waals surface area contributed by atoms with Crippen LogP contribution in [0.4, 0.5) is 0 Å². The van der Waals surface area contributed by atoms with Crippen molar-refractivity contribution in [2.45, 2.75) is 39.0 Å². The van der Waals surface area contributed by atoms with Crippen LogP contribution in [0.25, 0.3) is 0 Å². The van der Waals surface area contributed by atoms with Gasteiger partial charge in [0.2, 0.25) is 0 Å². The predicted molar refractivity (Wildman–Crippen MR) is 52.4 cm³/mol. The van der Waals surface area contributed by atoms with Crippen molar-refractivity contribution in [3.05, 3.63) is 0 Å². The first kappa shape index (κ1) is 10.7. The average Bonchev–Trinajstić information content (AvgIpc) is 2.21. The number of hydrogen-bond donors (Lipinski definition) is 1. The number of rotatable bonds is 4. The molecule has 2 heteroatoms. The standard InChI is InChI=1S/C11H20O2/c1-2-10(8-13)11-5-3-9(7-12)4-6-11/h7,9-11,13H,2-6,8H2,1H3. The molecule has 0 aliphatic heterocycles. The van der Waals surface area contributed by atoms with E-state index in [4.69, 9.17) is 5.11 Å². The first-order valence-corrected chi connectivity index (χ1v) is 5.38. The highest BCUT2D eigenvalue weighted by atomic mass is 16.3. The fraction of sp³-hybridized carbons (Fsp3) is 0.909. The van der Waals surface area contributed by atoms with Gasteiger partial charge < -0.3 is 9.90 Å². The molecule has 0 radical (unpaired) electrons. The molecule has 0 aromatic heterocycles. The van der Waals surface area contributed by atoms with Gasteiger partial charge in [-0.25, -0.2) is 0 Å². The molecule has 1 unspecified atom stereocenters. The Labute approximate surface area is 80.3 Å². The van der Waals surface area contributed by atoms with Gasteiger partial charge >= 0.3 is 0 Å². The van der Waals surface area contributed by atoms with Crippen molar-refractivity contribution >= 4 is 6.29 Å². The van der Waals surface area contributed by atoms with E-state index < -0.39 is 0 Å². The van der Waals surface area contributed by atoms with Gasteiger partial charge in [-0.3, -0.25) is 0 Å². The monoisotopic (exact) mass is 184 g/mol. The van der Waals surface area contributed by atoms with Crippen LogP contribution in [0.5, 0.6) is 0 Å². The lowest BCUT2D eigenvalue weighted by Crippen LogP contribution is -2.24. The van der Waals surface area contributed by atoms with E-state index >= 15 is 0 Å². The fourth-order valence-electron chi connectivity index (χ4n) is 2.36. The van der Waals surface area contributed by atoms with Crippen LogP contribution in [0, 0.1) is 17.8 Å². The van der Waals surface area contributed by atoms with Gasteiger partial charge in [-0.2, -0.15) is 0 Å². The lowest BCUT2D eigenvalue weighted by molar-refractivity contribution is -0.112. The second-order valence-corrected chi connectivity index (χ2v) is 4.16. The minimum absolute atomic E-state index is 0.299. The first-order valence-electron chi connectivity index (χ1n) is 5.38. The molecule has 0 heterocycles. The Balaban J connectivity index is 2.34. The molecule has 0 saturated heterocycles. The van der Waals surface area contributed by atoms with Crippen LogP contribution in [-0.2, 0) is 4.79 Å². The summed E-state index contributed by atoms with van der Waals surface area (Å²) in [6.07, 6.45) is 6.48. The third-order valence-electron chi connectivity index (χ3n) is 3.43. The summed E-state index contributed by atoms with van der Waals surface area (Å²) in [5.41, 5.74) is 0. The molecule has 0 aromatic carbocycles. The normalized spacial score (nSPS) is 31.2. The number of aliphatic hydroxyl groups excluding tert-OH is 1. The van der Waals surface area contributed by atoms with E-state index in [-0.39, 0.29) is 0 Å². The molecule has 0 amide bonds. The van der Waals surface area contributed by atoms with Crippen molar-refractivity contribution in [2.24, 2.45) is 17.8 Å². The summed E-state index contributed by atoms with van der Waals surface area (Å²) in [7, 11) is 0. The second-order valence-electron chi connectivity index (χ2n) is 4.16. The highest BCUT2D eigenvalue weighted by Crippen LogP contribution is 2.33. The van der Waals surface area contributed by atoms with Gasteiger partial charge in [0.15, 0.2) is 0 Å². The third-order valence-corrected chi connectivity index (χ3v) is 3.43. The third kappa shape index (κ3) is 2.80. The summed E-state index contributed by atoms with van der Waals surface area (Å²) < 4.78 is 0. The molecule has 1 N–H and O–H groups in total. The highest BCUT2D eigenvalue weighted by molar-refractivity contribution is 5.53. The van der Waals surface area contributed by atoms with E-state index in [9.17, 15) is 4.79 Å². The fourth-order valence-corrected chi connectivity index (χ4v) is 2.36. The number of carbonyl (C=O) groups excluding carboxylic acids is 1. The maximum Gasteiger partial charge on any atom is 0.123 e. The zero-order valence-electron chi connectivity index (χ0n) is 8.41. The van der Waals surface area contributed by atoms with Crippen LogP contribution in [0.3, 0.4) is 0 Å². The van der Waals surface area contributed by atoms with Crippen molar-refractivity contribution in [1.82, 2.24) is 0 Å². The SMILES string of the molecule is CCC(CO)C1CCC(C=O)CC1. The molecule has 1 rings (SSSR count). The van der Waals surface area contributed by atoms with E-state index in [1.807, 2.05) is 0 Å². The van der Waals surface area contributed by atoms with Gasteiger partial charge in [-0.05, 0) is 37.5 Å². The van der Waals surface area contributed by atoms with Crippen molar-refractivity contribution in [3.8, 4) is 0 Å². The Hall–Kier alpha value is -0.370. The van der Waals surface area contributed by atoms with Gasteiger partial charge in [0.05, 0.1) is 0 Å². The van der Waals surface area contributed by atoms with Crippen molar-refractivity contribution in [1.29, 1.82) is 0 Å². The summed E-state index contributed by atoms with van der Waals surface area (Å²) in [4.78, 5) is 10.5. The molecule has 1 aliphatic rings. The molecule has 1 saturated carbocycles. The lowest BCUT2D eigenvalue weighted by atomic mass is 9.75. The molecule has 1 aliphatic carbocycles. The Morgan fingerprint density at radius 2 is 2.00 bits per heavy atom. The summed E-state index contributed by atoms with van der Waals surface area (Å²) in [5.74, 6) is 1.42. The largest absolute Gasteiger partial charge is 0.396 e. The van der Waals surface area contributed by atoms with Crippen LogP contribution >= 0.6 is 0 Å². The Morgan fingerprint density at radius 1 is 1.38 bits per heavy atom. The van der Waals surface area contributed by atoms with E-state index in [0.29, 0.717) is 24.4 Å². The molecule has 13 heavy (non-hydrogen) atoms. The van der Waals surface area contributed by atoms with Crippen molar-refractivity contribution < 1.29 is 9.90 Å². The van der Waals surface area contributed by atoms with Crippen molar-refractivity contribution in [2.75, 3.05) is 6.61 Å². The quantitative estimate of drug-likeness (QED) is 0.679. The summed E-state index contributed by atoms with van der Waals surface area (Å²) in [6.45, 7) is 2.44. The van der Waals surface area contributed by atoms with E-state index in [2.05, 4.69) is 6.92 Å². The molecule has 0 bridgehead atoms. The van der Waals surface area contributed by atoms with Gasteiger partial charge in [0.1, 0.15) is 6.29 Å². The van der Waals surface area contributed by atoms with Crippen LogP contribution in [0.2, 0.25) is 0 Å². The maximum atomic E-state index is 10.5. The second kappa shape index (κ2) is 5.38. The average molecular weight is 184 g/mol. The zero-order valence-corrected chi connectivity index (χ0v) is 8.41. The predicted octanol–water partition coefficient (Wildman–Crippen LogP) is 2.01. The smallest absolute Gasteiger partial charge is 0.123 e. The van der Waals surface area contributed by atoms with Gasteiger partial charge in [-0.1, -0.05) is 13.3 Å². The van der Waals surface area contributed by atoms with Crippen LogP contribution < -0.4 is 0 Å². The highest BCUT2D eigenvalue weighted by Gasteiger charge is 2.25. The minimum Gasteiger partial charge on any atom is -0.396 e. The minimum atomic E-state index is 0.299. The molecular formula is C11H20O2. The Bertz CT molecular complexity index is 144. The Kier molecular flexibility index (Phi) is 4.43. The zero-order chi connectivity index (χ0) is 9.68. The van der Waals surface area contributed by atoms with Crippen LogP contribution in [0.15, 0.2) is 0 Å². The number of aldehydes is 1. The molecule has 0 aromatic rings. The molecular weight excluding hydrogens is 164 g/mol. The number of hydrogen-bond acceptors (Lipinski definition) is 2.